The highest BCUT2D eigenvalue weighted by atomic mass is 79.9. The second kappa shape index (κ2) is 14.9. The third kappa shape index (κ3) is 8.97. The molecule has 0 bridgehead atoms. The standard InChI is InChI=1S/C34H27BrCl2N2O4S2/c35-31-19-25(34(40)41)5-6-26(31)21-44-33(16-17-38-45(42,43)30-14-10-27(36)11-15-30)24-3-1-2-22(18-24)4-12-29-13-8-23-7-9-28(37)20-32(23)39-29/h1-15,18-20,33,38H,16-17,21H2,(H,40,41)/b12-4+. The van der Waals surface area contributed by atoms with Crippen LogP contribution < -0.4 is 4.72 Å². The van der Waals surface area contributed by atoms with Crippen molar-refractivity contribution in [1.82, 2.24) is 9.71 Å². The van der Waals surface area contributed by atoms with Crippen molar-refractivity contribution in [3.63, 3.8) is 0 Å². The second-order valence-electron chi connectivity index (χ2n) is 10.1. The van der Waals surface area contributed by atoms with E-state index in [9.17, 15) is 18.3 Å². The minimum Gasteiger partial charge on any atom is -0.478 e. The number of pyridine rings is 1. The number of nitrogens with zero attached hydrogens (tertiary/aromatic N) is 1. The van der Waals surface area contributed by atoms with E-state index in [1.54, 1.807) is 42.1 Å². The van der Waals surface area contributed by atoms with Gasteiger partial charge in [0.2, 0.25) is 10.0 Å². The fourth-order valence-electron chi connectivity index (χ4n) is 4.60. The van der Waals surface area contributed by atoms with Gasteiger partial charge < -0.3 is 5.11 Å². The number of halogens is 3. The lowest BCUT2D eigenvalue weighted by Gasteiger charge is -2.19. The molecule has 1 unspecified atom stereocenters. The minimum absolute atomic E-state index is 0.0711. The van der Waals surface area contributed by atoms with Crippen LogP contribution >= 0.6 is 50.9 Å². The number of benzene rings is 4. The SMILES string of the molecule is O=C(O)c1ccc(CSC(CCNS(=O)(=O)c2ccc(Cl)cc2)c2cccc(/C=C/c3ccc4ccc(Cl)cc4n3)c2)c(Br)c1. The van der Waals surface area contributed by atoms with Crippen LogP contribution in [0.15, 0.2) is 106 Å². The number of sulfonamides is 1. The fourth-order valence-corrected chi connectivity index (χ4v) is 7.90. The number of rotatable bonds is 12. The Morgan fingerprint density at radius 1 is 0.933 bits per heavy atom. The smallest absolute Gasteiger partial charge is 0.335 e. The van der Waals surface area contributed by atoms with Crippen molar-refractivity contribution in [3.05, 3.63) is 140 Å². The highest BCUT2D eigenvalue weighted by Gasteiger charge is 2.18. The summed E-state index contributed by atoms with van der Waals surface area (Å²) in [6.45, 7) is 0.214. The van der Waals surface area contributed by atoms with Crippen LogP contribution in [0.25, 0.3) is 23.1 Å². The molecular weight excluding hydrogens is 715 g/mol. The molecule has 11 heteroatoms. The van der Waals surface area contributed by atoms with E-state index >= 15 is 0 Å². The van der Waals surface area contributed by atoms with Gasteiger partial charge in [0.15, 0.2) is 0 Å². The van der Waals surface area contributed by atoms with Crippen LogP contribution in [0.5, 0.6) is 0 Å². The van der Waals surface area contributed by atoms with Crippen LogP contribution in [0.2, 0.25) is 10.0 Å². The topological polar surface area (TPSA) is 96.4 Å². The number of carboxylic acid groups (broad SMARTS) is 1. The zero-order valence-electron chi connectivity index (χ0n) is 23.7. The van der Waals surface area contributed by atoms with E-state index in [1.165, 1.54) is 12.1 Å². The number of aromatic carboxylic acids is 1. The quantitative estimate of drug-likeness (QED) is 0.132. The Labute approximate surface area is 284 Å². The van der Waals surface area contributed by atoms with Crippen LogP contribution in [0.1, 0.15) is 44.4 Å². The van der Waals surface area contributed by atoms with Crippen molar-refractivity contribution < 1.29 is 18.3 Å². The molecule has 5 rings (SSSR count). The number of thioether (sulfide) groups is 1. The van der Waals surface area contributed by atoms with Gasteiger partial charge in [0.1, 0.15) is 0 Å². The Bertz CT molecular complexity index is 1990. The highest BCUT2D eigenvalue weighted by Crippen LogP contribution is 2.37. The molecule has 0 aliphatic rings. The Balaban J connectivity index is 1.35. The second-order valence-corrected chi connectivity index (χ2v) is 14.8. The van der Waals surface area contributed by atoms with Gasteiger partial charge in [0.05, 0.1) is 21.7 Å². The predicted molar refractivity (Wildman–Crippen MR) is 189 cm³/mol. The molecule has 0 radical (unpaired) electrons. The molecule has 230 valence electrons. The van der Waals surface area contributed by atoms with E-state index in [1.807, 2.05) is 60.7 Å². The van der Waals surface area contributed by atoms with Crippen LogP contribution in [0.4, 0.5) is 0 Å². The molecule has 0 fully saturated rings. The number of hydrogen-bond acceptors (Lipinski definition) is 5. The molecule has 1 aromatic heterocycles. The van der Waals surface area contributed by atoms with Gasteiger partial charge in [-0.3, -0.25) is 0 Å². The first-order valence-corrected chi connectivity index (χ1v) is 17.9. The molecule has 0 amide bonds. The first-order valence-electron chi connectivity index (χ1n) is 13.8. The molecule has 0 aliphatic carbocycles. The van der Waals surface area contributed by atoms with Gasteiger partial charge in [0.25, 0.3) is 0 Å². The molecule has 6 nitrogen and oxygen atoms in total. The predicted octanol–water partition coefficient (Wildman–Crippen LogP) is 9.52. The molecule has 2 N–H and O–H groups in total. The Morgan fingerprint density at radius 3 is 2.44 bits per heavy atom. The monoisotopic (exact) mass is 740 g/mol. The summed E-state index contributed by atoms with van der Waals surface area (Å²) in [5.74, 6) is -0.410. The average Bonchev–Trinajstić information content (AvgIpc) is 3.02. The maximum Gasteiger partial charge on any atom is 0.335 e. The molecule has 45 heavy (non-hydrogen) atoms. The fraction of sp³-hybridized carbons (Fsp3) is 0.118. The summed E-state index contributed by atoms with van der Waals surface area (Å²) in [4.78, 5) is 16.2. The zero-order valence-corrected chi connectivity index (χ0v) is 28.4. The maximum atomic E-state index is 12.9. The Kier molecular flexibility index (Phi) is 11.0. The summed E-state index contributed by atoms with van der Waals surface area (Å²) in [7, 11) is -3.71. The molecule has 0 spiro atoms. The van der Waals surface area contributed by atoms with Crippen molar-refractivity contribution in [1.29, 1.82) is 0 Å². The first-order chi connectivity index (χ1) is 21.6. The van der Waals surface area contributed by atoms with E-state index in [2.05, 4.69) is 26.7 Å². The van der Waals surface area contributed by atoms with Crippen molar-refractivity contribution in [2.24, 2.45) is 0 Å². The van der Waals surface area contributed by atoms with Crippen LogP contribution in [0.3, 0.4) is 0 Å². The molecule has 0 aliphatic heterocycles. The van der Waals surface area contributed by atoms with Crippen LogP contribution in [-0.2, 0) is 15.8 Å². The third-order valence-electron chi connectivity index (χ3n) is 6.97. The summed E-state index contributed by atoms with van der Waals surface area (Å²) in [5, 5.41) is 11.4. The van der Waals surface area contributed by atoms with Crippen molar-refractivity contribution in [2.45, 2.75) is 22.3 Å². The molecule has 1 heterocycles. The molecule has 0 saturated carbocycles. The number of hydrogen-bond donors (Lipinski definition) is 2. The van der Waals surface area contributed by atoms with E-state index < -0.39 is 16.0 Å². The van der Waals surface area contributed by atoms with Crippen molar-refractivity contribution >= 4 is 89.9 Å². The van der Waals surface area contributed by atoms with E-state index in [0.717, 1.165) is 33.3 Å². The lowest BCUT2D eigenvalue weighted by Crippen LogP contribution is -2.25. The summed E-state index contributed by atoms with van der Waals surface area (Å²) in [6, 6.07) is 28.7. The maximum absolute atomic E-state index is 12.9. The van der Waals surface area contributed by atoms with Gasteiger partial charge in [-0.1, -0.05) is 87.7 Å². The Morgan fingerprint density at radius 2 is 1.69 bits per heavy atom. The van der Waals surface area contributed by atoms with Crippen LogP contribution in [0, 0.1) is 0 Å². The van der Waals surface area contributed by atoms with Gasteiger partial charge in [-0.2, -0.15) is 0 Å². The van der Waals surface area contributed by atoms with E-state index in [-0.39, 0.29) is 22.3 Å². The van der Waals surface area contributed by atoms with Gasteiger partial charge in [-0.15, -0.1) is 11.8 Å². The summed E-state index contributed by atoms with van der Waals surface area (Å²) >= 11 is 17.2. The van der Waals surface area contributed by atoms with Gasteiger partial charge in [-0.25, -0.2) is 22.9 Å². The lowest BCUT2D eigenvalue weighted by molar-refractivity contribution is 0.0696. The van der Waals surface area contributed by atoms with Gasteiger partial charge in [0, 0.05) is 37.5 Å². The summed E-state index contributed by atoms with van der Waals surface area (Å²) in [5.41, 5.74) is 4.76. The number of aromatic nitrogens is 1. The average molecular weight is 743 g/mol. The number of fused-ring (bicyclic) bond motifs is 1. The molecule has 4 aromatic carbocycles. The molecule has 1 atom stereocenters. The van der Waals surface area contributed by atoms with E-state index in [0.29, 0.717) is 26.7 Å². The number of nitrogens with one attached hydrogen (secondary N) is 1. The summed E-state index contributed by atoms with van der Waals surface area (Å²) in [6.07, 6.45) is 4.46. The van der Waals surface area contributed by atoms with E-state index in [4.69, 9.17) is 28.2 Å². The van der Waals surface area contributed by atoms with Gasteiger partial charge >= 0.3 is 5.97 Å². The number of carbonyl (C=O) groups is 1. The Hall–Kier alpha value is -3.18. The third-order valence-corrected chi connectivity index (χ3v) is 11.1. The summed E-state index contributed by atoms with van der Waals surface area (Å²) < 4.78 is 29.2. The zero-order chi connectivity index (χ0) is 32.0. The normalized spacial score (nSPS) is 12.5. The molecule has 0 saturated heterocycles. The van der Waals surface area contributed by atoms with Gasteiger partial charge in [-0.05, 0) is 83.8 Å². The van der Waals surface area contributed by atoms with Crippen molar-refractivity contribution in [3.8, 4) is 0 Å². The first kappa shape index (κ1) is 33.2. The largest absolute Gasteiger partial charge is 0.478 e. The molecular formula is C34H27BrCl2N2O4S2. The number of carboxylic acids is 1. The molecule has 5 aromatic rings. The van der Waals surface area contributed by atoms with Crippen LogP contribution in [-0.4, -0.2) is 31.0 Å². The van der Waals surface area contributed by atoms with Crippen molar-refractivity contribution in [2.75, 3.05) is 6.54 Å². The highest BCUT2D eigenvalue weighted by molar-refractivity contribution is 9.10. The lowest BCUT2D eigenvalue weighted by atomic mass is 10.1. The minimum atomic E-state index is -3.71.